The van der Waals surface area contributed by atoms with E-state index < -0.39 is 0 Å². The average Bonchev–Trinajstić information content (AvgIpc) is 2.73. The molecule has 1 amide bonds. The van der Waals surface area contributed by atoms with Gasteiger partial charge in [-0.1, -0.05) is 38.1 Å². The highest BCUT2D eigenvalue weighted by molar-refractivity contribution is 5.93. The van der Waals surface area contributed by atoms with Crippen LogP contribution in [0.1, 0.15) is 41.4 Å². The second-order valence-electron chi connectivity index (χ2n) is 6.86. The van der Waals surface area contributed by atoms with Gasteiger partial charge >= 0.3 is 0 Å². The maximum Gasteiger partial charge on any atom is 0.270 e. The van der Waals surface area contributed by atoms with E-state index in [0.29, 0.717) is 18.2 Å². The molecule has 144 valence electrons. The van der Waals surface area contributed by atoms with E-state index in [9.17, 15) is 4.79 Å². The van der Waals surface area contributed by atoms with Crippen LogP contribution in [0.4, 0.5) is 11.4 Å². The van der Waals surface area contributed by atoms with E-state index in [2.05, 4.69) is 41.6 Å². The first-order valence-corrected chi connectivity index (χ1v) is 9.29. The number of amides is 1. The maximum absolute atomic E-state index is 12.4. The zero-order valence-corrected chi connectivity index (χ0v) is 16.4. The molecule has 3 aromatic rings. The molecule has 2 aromatic carbocycles. The van der Waals surface area contributed by atoms with Crippen molar-refractivity contribution in [2.45, 2.75) is 26.3 Å². The summed E-state index contributed by atoms with van der Waals surface area (Å²) in [6.45, 7) is 4.77. The van der Waals surface area contributed by atoms with Crippen molar-refractivity contribution in [3.8, 4) is 5.75 Å². The fourth-order valence-electron chi connectivity index (χ4n) is 2.77. The van der Waals surface area contributed by atoms with Gasteiger partial charge in [-0.05, 0) is 53.4 Å². The molecule has 0 unspecified atom stereocenters. The van der Waals surface area contributed by atoms with Crippen LogP contribution in [0.15, 0.2) is 66.9 Å². The summed E-state index contributed by atoms with van der Waals surface area (Å²) in [7, 11) is 1.63. The summed E-state index contributed by atoms with van der Waals surface area (Å²) in [4.78, 5) is 16.6. The van der Waals surface area contributed by atoms with Gasteiger partial charge in [0.05, 0.1) is 7.11 Å². The molecule has 1 heterocycles. The van der Waals surface area contributed by atoms with Gasteiger partial charge in [0.25, 0.3) is 5.91 Å². The predicted octanol–water partition coefficient (Wildman–Crippen LogP) is 4.89. The summed E-state index contributed by atoms with van der Waals surface area (Å²) in [6.07, 6.45) is 1.63. The summed E-state index contributed by atoms with van der Waals surface area (Å²) in [5, 5.41) is 6.21. The molecule has 0 radical (unpaired) electrons. The minimum atomic E-state index is -0.213. The highest BCUT2D eigenvalue weighted by Crippen LogP contribution is 2.21. The molecule has 5 heteroatoms. The number of nitrogens with one attached hydrogen (secondary N) is 2. The van der Waals surface area contributed by atoms with Crippen LogP contribution < -0.4 is 15.4 Å². The Kier molecular flexibility index (Phi) is 6.27. The van der Waals surface area contributed by atoms with E-state index in [1.165, 1.54) is 5.56 Å². The van der Waals surface area contributed by atoms with E-state index in [4.69, 9.17) is 4.74 Å². The highest BCUT2D eigenvalue weighted by atomic mass is 16.5. The number of nitrogens with zero attached hydrogens (tertiary/aromatic N) is 1. The van der Waals surface area contributed by atoms with Gasteiger partial charge in [0.1, 0.15) is 11.4 Å². The van der Waals surface area contributed by atoms with Gasteiger partial charge in [0.2, 0.25) is 0 Å². The van der Waals surface area contributed by atoms with Gasteiger partial charge in [0.15, 0.2) is 0 Å². The third-order valence-electron chi connectivity index (χ3n) is 4.47. The Labute approximate surface area is 165 Å². The van der Waals surface area contributed by atoms with Crippen molar-refractivity contribution in [2.75, 3.05) is 12.4 Å². The Morgan fingerprint density at radius 2 is 1.71 bits per heavy atom. The number of ether oxygens (including phenoxy) is 1. The molecule has 0 saturated carbocycles. The van der Waals surface area contributed by atoms with Crippen LogP contribution in [0.3, 0.4) is 0 Å². The second-order valence-corrected chi connectivity index (χ2v) is 6.86. The number of hydrogen-bond acceptors (Lipinski definition) is 4. The molecule has 0 aliphatic carbocycles. The monoisotopic (exact) mass is 375 g/mol. The van der Waals surface area contributed by atoms with Crippen LogP contribution in [0.2, 0.25) is 0 Å². The number of hydrogen-bond donors (Lipinski definition) is 2. The molecule has 0 fully saturated rings. The summed E-state index contributed by atoms with van der Waals surface area (Å²) in [5.41, 5.74) is 4.45. The van der Waals surface area contributed by atoms with Crippen molar-refractivity contribution in [1.82, 2.24) is 10.3 Å². The first-order chi connectivity index (χ1) is 13.5. The van der Waals surface area contributed by atoms with Gasteiger partial charge in [-0.15, -0.1) is 0 Å². The highest BCUT2D eigenvalue weighted by Gasteiger charge is 2.08. The average molecular weight is 375 g/mol. The molecule has 0 saturated heterocycles. The maximum atomic E-state index is 12.4. The van der Waals surface area contributed by atoms with Crippen molar-refractivity contribution in [2.24, 2.45) is 0 Å². The molecule has 1 aromatic heterocycles. The summed E-state index contributed by atoms with van der Waals surface area (Å²) in [5.74, 6) is 1.07. The van der Waals surface area contributed by atoms with Crippen LogP contribution in [-0.4, -0.2) is 18.0 Å². The molecule has 0 spiro atoms. The van der Waals surface area contributed by atoms with Gasteiger partial charge in [0, 0.05) is 24.1 Å². The zero-order valence-electron chi connectivity index (χ0n) is 16.4. The minimum Gasteiger partial charge on any atom is -0.497 e. The zero-order chi connectivity index (χ0) is 19.9. The number of anilines is 2. The topological polar surface area (TPSA) is 63.2 Å². The fourth-order valence-corrected chi connectivity index (χ4v) is 2.77. The third kappa shape index (κ3) is 5.10. The lowest BCUT2D eigenvalue weighted by atomic mass is 10.0. The second kappa shape index (κ2) is 9.04. The standard InChI is InChI=1S/C23H25N3O2/c1-16(2)18-6-8-19(9-7-18)26-20-12-13-24-22(14-20)23(27)25-15-17-4-10-21(28-3)11-5-17/h4-14,16H,15H2,1-3H3,(H,24,26)(H,25,27). The fraction of sp³-hybridized carbons (Fsp3) is 0.217. The van der Waals surface area contributed by atoms with Crippen LogP contribution >= 0.6 is 0 Å². The van der Waals surface area contributed by atoms with Crippen molar-refractivity contribution in [3.05, 3.63) is 83.7 Å². The number of carbonyl (C=O) groups is 1. The van der Waals surface area contributed by atoms with Crippen molar-refractivity contribution in [1.29, 1.82) is 0 Å². The lowest BCUT2D eigenvalue weighted by Gasteiger charge is -2.10. The van der Waals surface area contributed by atoms with Crippen molar-refractivity contribution in [3.63, 3.8) is 0 Å². The lowest BCUT2D eigenvalue weighted by Crippen LogP contribution is -2.23. The Morgan fingerprint density at radius 1 is 1.00 bits per heavy atom. The number of aromatic nitrogens is 1. The van der Waals surface area contributed by atoms with Crippen molar-refractivity contribution >= 4 is 17.3 Å². The molecule has 3 rings (SSSR count). The SMILES string of the molecule is COc1ccc(CNC(=O)c2cc(Nc3ccc(C(C)C)cc3)ccn2)cc1. The Hall–Kier alpha value is -3.34. The van der Waals surface area contributed by atoms with Crippen LogP contribution in [0.5, 0.6) is 5.75 Å². The lowest BCUT2D eigenvalue weighted by molar-refractivity contribution is 0.0946. The first-order valence-electron chi connectivity index (χ1n) is 9.29. The van der Waals surface area contributed by atoms with E-state index >= 15 is 0 Å². The molecule has 0 aliphatic rings. The van der Waals surface area contributed by atoms with Crippen LogP contribution in [-0.2, 0) is 6.54 Å². The van der Waals surface area contributed by atoms with Gasteiger partial charge < -0.3 is 15.4 Å². The number of methoxy groups -OCH3 is 1. The molecular formula is C23H25N3O2. The Morgan fingerprint density at radius 3 is 2.36 bits per heavy atom. The summed E-state index contributed by atoms with van der Waals surface area (Å²) >= 11 is 0. The smallest absolute Gasteiger partial charge is 0.270 e. The Bertz CT molecular complexity index is 919. The normalized spacial score (nSPS) is 10.6. The molecule has 0 aliphatic heterocycles. The quantitative estimate of drug-likeness (QED) is 0.617. The molecule has 0 bridgehead atoms. The predicted molar refractivity (Wildman–Crippen MR) is 112 cm³/mol. The van der Waals surface area contributed by atoms with Crippen LogP contribution in [0, 0.1) is 0 Å². The number of carbonyl (C=O) groups excluding carboxylic acids is 1. The van der Waals surface area contributed by atoms with Gasteiger partial charge in [-0.2, -0.15) is 0 Å². The van der Waals surface area contributed by atoms with E-state index in [1.807, 2.05) is 42.5 Å². The minimum absolute atomic E-state index is 0.213. The van der Waals surface area contributed by atoms with Gasteiger partial charge in [-0.25, -0.2) is 0 Å². The summed E-state index contributed by atoms with van der Waals surface area (Å²) in [6, 6.07) is 19.5. The van der Waals surface area contributed by atoms with E-state index in [1.54, 1.807) is 19.4 Å². The Balaban J connectivity index is 1.62. The molecule has 0 atom stereocenters. The largest absolute Gasteiger partial charge is 0.497 e. The van der Waals surface area contributed by atoms with Crippen molar-refractivity contribution < 1.29 is 9.53 Å². The number of rotatable bonds is 7. The van der Waals surface area contributed by atoms with E-state index in [0.717, 1.165) is 22.7 Å². The number of benzene rings is 2. The van der Waals surface area contributed by atoms with Crippen LogP contribution in [0.25, 0.3) is 0 Å². The van der Waals surface area contributed by atoms with Gasteiger partial charge in [-0.3, -0.25) is 9.78 Å². The third-order valence-corrected chi connectivity index (χ3v) is 4.47. The molecule has 28 heavy (non-hydrogen) atoms. The first kappa shape index (κ1) is 19.4. The number of pyridine rings is 1. The van der Waals surface area contributed by atoms with E-state index in [-0.39, 0.29) is 5.91 Å². The molecular weight excluding hydrogens is 350 g/mol. The molecule has 5 nitrogen and oxygen atoms in total. The molecule has 2 N–H and O–H groups in total. The summed E-state index contributed by atoms with van der Waals surface area (Å²) < 4.78 is 5.14.